The van der Waals surface area contributed by atoms with Crippen LogP contribution in [0, 0.1) is 6.92 Å². The second kappa shape index (κ2) is 5.90. The number of benzene rings is 2. The van der Waals surface area contributed by atoms with E-state index in [-0.39, 0.29) is 16.9 Å². The van der Waals surface area contributed by atoms with Crippen molar-refractivity contribution in [2.45, 2.75) is 6.92 Å². The molecule has 0 spiro atoms. The van der Waals surface area contributed by atoms with Gasteiger partial charge in [0.05, 0.1) is 27.8 Å². The van der Waals surface area contributed by atoms with Gasteiger partial charge >= 0.3 is 0 Å². The zero-order valence-corrected chi connectivity index (χ0v) is 15.3. The summed E-state index contributed by atoms with van der Waals surface area (Å²) >= 11 is 0. The molecule has 2 amide bonds. The Labute approximate surface area is 164 Å². The normalized spacial score (nSPS) is 13.0. The van der Waals surface area contributed by atoms with Crippen molar-refractivity contribution in [3.63, 3.8) is 0 Å². The Kier molecular flexibility index (Phi) is 3.44. The van der Waals surface area contributed by atoms with Gasteiger partial charge in [-0.1, -0.05) is 18.2 Å². The summed E-state index contributed by atoms with van der Waals surface area (Å²) in [7, 11) is 0. The number of hydrogen-bond donors (Lipinski definition) is 3. The number of imide groups is 1. The lowest BCUT2D eigenvalue weighted by Gasteiger charge is -2.12. The predicted octanol–water partition coefficient (Wildman–Crippen LogP) is 2.16. The molecule has 5 rings (SSSR count). The van der Waals surface area contributed by atoms with Crippen molar-refractivity contribution < 1.29 is 9.59 Å². The highest BCUT2D eigenvalue weighted by molar-refractivity contribution is 6.23. The van der Waals surface area contributed by atoms with Crippen LogP contribution in [0.1, 0.15) is 26.3 Å². The Bertz CT molecular complexity index is 1410. The number of imidazole rings is 1. The molecule has 1 aliphatic heterocycles. The van der Waals surface area contributed by atoms with Crippen molar-refractivity contribution in [2.24, 2.45) is 0 Å². The molecule has 0 saturated carbocycles. The molecule has 1 aliphatic rings. The Morgan fingerprint density at radius 2 is 1.83 bits per heavy atom. The highest BCUT2D eigenvalue weighted by Crippen LogP contribution is 2.26. The third kappa shape index (κ3) is 2.53. The molecule has 8 heteroatoms. The first kappa shape index (κ1) is 16.9. The van der Waals surface area contributed by atoms with Gasteiger partial charge < -0.3 is 10.7 Å². The van der Waals surface area contributed by atoms with Crippen molar-refractivity contribution in [1.82, 2.24) is 19.9 Å². The minimum absolute atomic E-state index is 0.00226. The van der Waals surface area contributed by atoms with Gasteiger partial charge in [0.1, 0.15) is 11.6 Å². The molecule has 2 aromatic carbocycles. The van der Waals surface area contributed by atoms with E-state index in [2.05, 4.69) is 15.3 Å². The van der Waals surface area contributed by atoms with E-state index in [9.17, 15) is 14.4 Å². The number of rotatable bonds is 2. The summed E-state index contributed by atoms with van der Waals surface area (Å²) < 4.78 is 1.22. The molecular weight excluding hydrogens is 370 g/mol. The Hall–Kier alpha value is -4.20. The van der Waals surface area contributed by atoms with Crippen LogP contribution in [0.2, 0.25) is 0 Å². The third-order valence-electron chi connectivity index (χ3n) is 4.97. The number of carbonyl (C=O) groups excluding carboxylic acids is 2. The Balaban J connectivity index is 1.67. The lowest BCUT2D eigenvalue weighted by atomic mass is 10.1. The third-order valence-corrected chi connectivity index (χ3v) is 4.97. The molecule has 0 atom stereocenters. The van der Waals surface area contributed by atoms with Crippen LogP contribution in [0.25, 0.3) is 28.1 Å². The molecule has 2 aromatic heterocycles. The van der Waals surface area contributed by atoms with Crippen LogP contribution in [0.4, 0.5) is 5.82 Å². The fraction of sp³-hybridized carbons (Fsp3) is 0.0476. The van der Waals surface area contributed by atoms with Crippen LogP contribution in [0.5, 0.6) is 0 Å². The lowest BCUT2D eigenvalue weighted by molar-refractivity contribution is 0.0880. The molecule has 3 heterocycles. The molecule has 0 bridgehead atoms. The monoisotopic (exact) mass is 385 g/mol. The number of fused-ring (bicyclic) bond motifs is 2. The average molecular weight is 385 g/mol. The van der Waals surface area contributed by atoms with Crippen molar-refractivity contribution in [1.29, 1.82) is 0 Å². The maximum Gasteiger partial charge on any atom is 0.262 e. The zero-order chi connectivity index (χ0) is 20.3. The second-order valence-corrected chi connectivity index (χ2v) is 6.93. The van der Waals surface area contributed by atoms with E-state index in [1.165, 1.54) is 4.57 Å². The standard InChI is InChI=1S/C21H15N5O3/c1-10-5-6-14-15(7-10)24-19(23-14)11-3-2-4-12(8-11)26-16(27)9-13-17(18(26)22)21(29)25-20(13)28/h2-9H,22H2,1H3,(H,23,24)(H,25,28,29). The van der Waals surface area contributed by atoms with Crippen LogP contribution >= 0.6 is 0 Å². The first-order valence-electron chi connectivity index (χ1n) is 8.91. The van der Waals surface area contributed by atoms with E-state index < -0.39 is 17.4 Å². The van der Waals surface area contributed by atoms with Gasteiger partial charge in [-0.2, -0.15) is 0 Å². The van der Waals surface area contributed by atoms with Gasteiger partial charge in [0.25, 0.3) is 17.4 Å². The summed E-state index contributed by atoms with van der Waals surface area (Å²) in [5, 5.41) is 2.16. The smallest absolute Gasteiger partial charge is 0.262 e. The van der Waals surface area contributed by atoms with E-state index in [4.69, 9.17) is 5.73 Å². The van der Waals surface area contributed by atoms with E-state index in [1.54, 1.807) is 18.2 Å². The van der Waals surface area contributed by atoms with Gasteiger partial charge in [0, 0.05) is 11.6 Å². The maximum absolute atomic E-state index is 12.6. The number of amides is 2. The molecule has 8 nitrogen and oxygen atoms in total. The molecule has 29 heavy (non-hydrogen) atoms. The van der Waals surface area contributed by atoms with Gasteiger partial charge in [0.2, 0.25) is 0 Å². The molecule has 142 valence electrons. The fourth-order valence-corrected chi connectivity index (χ4v) is 3.60. The van der Waals surface area contributed by atoms with Crippen LogP contribution in [0.3, 0.4) is 0 Å². The SMILES string of the molecule is Cc1ccc2nc(-c3cccc(-n4c(N)c5c(cc4=O)C(=O)NC5=O)c3)[nH]c2c1. The van der Waals surface area contributed by atoms with Gasteiger partial charge in [-0.25, -0.2) is 4.98 Å². The number of nitrogens with zero attached hydrogens (tertiary/aromatic N) is 2. The molecular formula is C21H15N5O3. The largest absolute Gasteiger partial charge is 0.384 e. The highest BCUT2D eigenvalue weighted by Gasteiger charge is 2.31. The summed E-state index contributed by atoms with van der Waals surface area (Å²) in [4.78, 5) is 44.4. The fourth-order valence-electron chi connectivity index (χ4n) is 3.60. The molecule has 4 aromatic rings. The Morgan fingerprint density at radius 3 is 2.66 bits per heavy atom. The quantitative estimate of drug-likeness (QED) is 0.456. The molecule has 0 fully saturated rings. The Morgan fingerprint density at radius 1 is 1.00 bits per heavy atom. The van der Waals surface area contributed by atoms with Gasteiger partial charge in [-0.3, -0.25) is 24.3 Å². The zero-order valence-electron chi connectivity index (χ0n) is 15.3. The minimum Gasteiger partial charge on any atom is -0.384 e. The van der Waals surface area contributed by atoms with Crippen LogP contribution in [-0.4, -0.2) is 26.3 Å². The van der Waals surface area contributed by atoms with Crippen molar-refractivity contribution >= 4 is 28.7 Å². The number of nitrogen functional groups attached to an aromatic ring is 1. The summed E-state index contributed by atoms with van der Waals surface area (Å²) in [6.07, 6.45) is 0. The summed E-state index contributed by atoms with van der Waals surface area (Å²) in [5.74, 6) is -0.659. The van der Waals surface area contributed by atoms with Gasteiger partial charge in [0.15, 0.2) is 0 Å². The van der Waals surface area contributed by atoms with Gasteiger partial charge in [-0.05, 0) is 36.8 Å². The summed E-state index contributed by atoms with van der Waals surface area (Å²) in [5.41, 5.74) is 9.71. The number of anilines is 1. The van der Waals surface area contributed by atoms with Crippen LogP contribution in [0.15, 0.2) is 53.3 Å². The molecule has 0 aliphatic carbocycles. The number of H-pyrrole nitrogens is 1. The number of nitrogens with two attached hydrogens (primary N) is 1. The summed E-state index contributed by atoms with van der Waals surface area (Å²) in [6, 6.07) is 14.1. The number of carbonyl (C=O) groups is 2. The van der Waals surface area contributed by atoms with E-state index in [0.717, 1.165) is 28.2 Å². The maximum atomic E-state index is 12.6. The highest BCUT2D eigenvalue weighted by atomic mass is 16.2. The minimum atomic E-state index is -0.618. The average Bonchev–Trinajstić information content (AvgIpc) is 3.22. The van der Waals surface area contributed by atoms with Crippen LogP contribution < -0.4 is 16.6 Å². The number of aryl methyl sites for hydroxylation is 1. The van der Waals surface area contributed by atoms with Crippen molar-refractivity contribution in [2.75, 3.05) is 5.73 Å². The second-order valence-electron chi connectivity index (χ2n) is 6.93. The first-order valence-corrected chi connectivity index (χ1v) is 8.91. The summed E-state index contributed by atoms with van der Waals surface area (Å²) in [6.45, 7) is 2.00. The van der Waals surface area contributed by atoms with E-state index >= 15 is 0 Å². The van der Waals surface area contributed by atoms with Crippen LogP contribution in [-0.2, 0) is 0 Å². The lowest BCUT2D eigenvalue weighted by Crippen LogP contribution is -2.24. The number of aromatic nitrogens is 3. The van der Waals surface area contributed by atoms with E-state index in [1.807, 2.05) is 31.2 Å². The number of pyridine rings is 1. The molecule has 0 saturated heterocycles. The molecule has 0 radical (unpaired) electrons. The number of hydrogen-bond acceptors (Lipinski definition) is 5. The van der Waals surface area contributed by atoms with Gasteiger partial charge in [-0.15, -0.1) is 0 Å². The predicted molar refractivity (Wildman–Crippen MR) is 108 cm³/mol. The topological polar surface area (TPSA) is 123 Å². The number of nitrogens with one attached hydrogen (secondary N) is 2. The number of aromatic amines is 1. The van der Waals surface area contributed by atoms with Crippen molar-refractivity contribution in [3.8, 4) is 17.1 Å². The first-order chi connectivity index (χ1) is 13.9. The molecule has 0 unspecified atom stereocenters. The van der Waals surface area contributed by atoms with E-state index in [0.29, 0.717) is 11.5 Å². The van der Waals surface area contributed by atoms with Crippen molar-refractivity contribution in [3.05, 3.63) is 75.6 Å². The molecule has 4 N–H and O–H groups in total.